The van der Waals surface area contributed by atoms with E-state index in [2.05, 4.69) is 10.6 Å². The standard InChI is InChI=1S/C18H18Cl2FN3O2/c1-24(11-18(26)22-15-5-3-2-4-13(15)20)9-8-17(25)23-16-7-6-12(19)10-14(16)21/h2-7,10H,8-9,11H2,1H3,(H,22,26)(H,23,25). The number of rotatable bonds is 7. The van der Waals surface area contributed by atoms with Crippen molar-refractivity contribution >= 4 is 46.4 Å². The lowest BCUT2D eigenvalue weighted by atomic mass is 10.3. The SMILES string of the molecule is CN(CCC(=O)Nc1ccc(Cl)cc1F)CC(=O)Nc1ccccc1Cl. The number of halogens is 3. The first-order valence-electron chi connectivity index (χ1n) is 7.83. The Morgan fingerprint density at radius 1 is 1.04 bits per heavy atom. The van der Waals surface area contributed by atoms with Crippen LogP contribution in [0.1, 0.15) is 6.42 Å². The molecule has 0 unspecified atom stereocenters. The Kier molecular flexibility index (Phi) is 7.38. The number of hydrogen-bond donors (Lipinski definition) is 2. The van der Waals surface area contributed by atoms with Crippen LogP contribution in [-0.4, -0.2) is 36.9 Å². The van der Waals surface area contributed by atoms with E-state index in [0.717, 1.165) is 6.07 Å². The molecule has 2 rings (SSSR count). The van der Waals surface area contributed by atoms with Gasteiger partial charge in [-0.3, -0.25) is 14.5 Å². The van der Waals surface area contributed by atoms with Crippen LogP contribution in [0.15, 0.2) is 42.5 Å². The van der Waals surface area contributed by atoms with Crippen molar-refractivity contribution in [2.45, 2.75) is 6.42 Å². The smallest absolute Gasteiger partial charge is 0.238 e. The number of para-hydroxylation sites is 1. The van der Waals surface area contributed by atoms with Gasteiger partial charge in [-0.1, -0.05) is 35.3 Å². The second-order valence-corrected chi connectivity index (χ2v) is 6.53. The first-order chi connectivity index (χ1) is 12.3. The van der Waals surface area contributed by atoms with E-state index in [0.29, 0.717) is 17.3 Å². The lowest BCUT2D eigenvalue weighted by molar-refractivity contribution is -0.119. The molecule has 138 valence electrons. The van der Waals surface area contributed by atoms with Gasteiger partial charge in [0, 0.05) is 18.0 Å². The lowest BCUT2D eigenvalue weighted by Crippen LogP contribution is -2.32. The van der Waals surface area contributed by atoms with Crippen LogP contribution in [0.2, 0.25) is 10.0 Å². The largest absolute Gasteiger partial charge is 0.324 e. The maximum Gasteiger partial charge on any atom is 0.238 e. The van der Waals surface area contributed by atoms with E-state index in [1.807, 2.05) is 0 Å². The molecule has 0 radical (unpaired) electrons. The van der Waals surface area contributed by atoms with E-state index in [1.54, 1.807) is 36.2 Å². The highest BCUT2D eigenvalue weighted by Gasteiger charge is 2.12. The Morgan fingerprint density at radius 2 is 1.73 bits per heavy atom. The van der Waals surface area contributed by atoms with E-state index in [9.17, 15) is 14.0 Å². The van der Waals surface area contributed by atoms with Crippen LogP contribution in [0.25, 0.3) is 0 Å². The third-order valence-electron chi connectivity index (χ3n) is 3.49. The van der Waals surface area contributed by atoms with Crippen molar-refractivity contribution in [2.75, 3.05) is 30.8 Å². The second-order valence-electron chi connectivity index (χ2n) is 5.69. The molecular formula is C18H18Cl2FN3O2. The minimum Gasteiger partial charge on any atom is -0.324 e. The van der Waals surface area contributed by atoms with Crippen LogP contribution in [0.3, 0.4) is 0 Å². The summed E-state index contributed by atoms with van der Waals surface area (Å²) >= 11 is 11.7. The van der Waals surface area contributed by atoms with Crippen LogP contribution in [0, 0.1) is 5.82 Å². The summed E-state index contributed by atoms with van der Waals surface area (Å²) in [7, 11) is 1.71. The number of carbonyl (C=O) groups excluding carboxylic acids is 2. The van der Waals surface area contributed by atoms with Gasteiger partial charge in [0.25, 0.3) is 0 Å². The Balaban J connectivity index is 1.77. The molecule has 2 aromatic rings. The molecule has 0 fully saturated rings. The number of nitrogens with zero attached hydrogens (tertiary/aromatic N) is 1. The van der Waals surface area contributed by atoms with Crippen LogP contribution >= 0.6 is 23.2 Å². The molecule has 2 aromatic carbocycles. The van der Waals surface area contributed by atoms with Gasteiger partial charge in [0.15, 0.2) is 0 Å². The third kappa shape index (κ3) is 6.29. The van der Waals surface area contributed by atoms with Gasteiger partial charge in [0.05, 0.1) is 22.9 Å². The molecule has 0 atom stereocenters. The number of nitrogens with one attached hydrogen (secondary N) is 2. The molecule has 0 aromatic heterocycles. The molecule has 2 N–H and O–H groups in total. The van der Waals surface area contributed by atoms with Gasteiger partial charge in [-0.15, -0.1) is 0 Å². The molecule has 2 amide bonds. The minimum atomic E-state index is -0.599. The first kappa shape index (κ1) is 20.2. The van der Waals surface area contributed by atoms with Gasteiger partial charge in [-0.25, -0.2) is 4.39 Å². The van der Waals surface area contributed by atoms with E-state index >= 15 is 0 Å². The van der Waals surface area contributed by atoms with Gasteiger partial charge in [-0.05, 0) is 37.4 Å². The predicted molar refractivity (Wildman–Crippen MR) is 102 cm³/mol. The van der Waals surface area contributed by atoms with E-state index < -0.39 is 5.82 Å². The van der Waals surface area contributed by atoms with Crippen LogP contribution in [0.4, 0.5) is 15.8 Å². The number of benzene rings is 2. The quantitative estimate of drug-likeness (QED) is 0.741. The van der Waals surface area contributed by atoms with Crippen LogP contribution in [-0.2, 0) is 9.59 Å². The summed E-state index contributed by atoms with van der Waals surface area (Å²) in [5, 5.41) is 5.89. The fourth-order valence-corrected chi connectivity index (χ4v) is 2.51. The molecule has 5 nitrogen and oxygen atoms in total. The molecule has 0 aliphatic carbocycles. The molecular weight excluding hydrogens is 380 g/mol. The predicted octanol–water partition coefficient (Wildman–Crippen LogP) is 4.03. The van der Waals surface area contributed by atoms with Crippen molar-refractivity contribution in [1.29, 1.82) is 0 Å². The Morgan fingerprint density at radius 3 is 2.42 bits per heavy atom. The van der Waals surface area contributed by atoms with Crippen LogP contribution in [0.5, 0.6) is 0 Å². The van der Waals surface area contributed by atoms with Crippen molar-refractivity contribution in [1.82, 2.24) is 4.90 Å². The van der Waals surface area contributed by atoms with E-state index in [-0.39, 0.29) is 35.5 Å². The zero-order valence-corrected chi connectivity index (χ0v) is 15.6. The zero-order valence-electron chi connectivity index (χ0n) is 14.1. The molecule has 8 heteroatoms. The third-order valence-corrected chi connectivity index (χ3v) is 4.05. The average molecular weight is 398 g/mol. The molecule has 0 heterocycles. The molecule has 0 aliphatic rings. The van der Waals surface area contributed by atoms with Crippen molar-refractivity contribution in [3.63, 3.8) is 0 Å². The fourth-order valence-electron chi connectivity index (χ4n) is 2.17. The summed E-state index contributed by atoms with van der Waals surface area (Å²) in [6.45, 7) is 0.421. The molecule has 26 heavy (non-hydrogen) atoms. The van der Waals surface area contributed by atoms with E-state index in [1.165, 1.54) is 12.1 Å². The van der Waals surface area contributed by atoms with E-state index in [4.69, 9.17) is 23.2 Å². The summed E-state index contributed by atoms with van der Waals surface area (Å²) in [6, 6.07) is 10.9. The second kappa shape index (κ2) is 9.52. The number of likely N-dealkylation sites (N-methyl/N-ethyl adjacent to an activating group) is 1. The molecule has 0 bridgehead atoms. The average Bonchev–Trinajstić information content (AvgIpc) is 2.57. The van der Waals surface area contributed by atoms with Gasteiger partial charge >= 0.3 is 0 Å². The molecule has 0 aliphatic heterocycles. The Labute approximate surface area is 161 Å². The van der Waals surface area contributed by atoms with Crippen molar-refractivity contribution in [3.05, 3.63) is 58.3 Å². The van der Waals surface area contributed by atoms with Crippen molar-refractivity contribution in [3.8, 4) is 0 Å². The van der Waals surface area contributed by atoms with Gasteiger partial charge in [0.2, 0.25) is 11.8 Å². The highest BCUT2D eigenvalue weighted by atomic mass is 35.5. The maximum absolute atomic E-state index is 13.6. The molecule has 0 saturated heterocycles. The highest BCUT2D eigenvalue weighted by molar-refractivity contribution is 6.33. The van der Waals surface area contributed by atoms with Crippen molar-refractivity contribution in [2.24, 2.45) is 0 Å². The number of amides is 2. The summed E-state index contributed by atoms with van der Waals surface area (Å²) in [4.78, 5) is 25.6. The highest BCUT2D eigenvalue weighted by Crippen LogP contribution is 2.20. The Bertz CT molecular complexity index is 802. The monoisotopic (exact) mass is 397 g/mol. The first-order valence-corrected chi connectivity index (χ1v) is 8.58. The fraction of sp³-hybridized carbons (Fsp3) is 0.222. The normalized spacial score (nSPS) is 10.7. The topological polar surface area (TPSA) is 61.4 Å². The van der Waals surface area contributed by atoms with Crippen LogP contribution < -0.4 is 10.6 Å². The summed E-state index contributed by atoms with van der Waals surface area (Å²) in [6.07, 6.45) is 0.109. The minimum absolute atomic E-state index is 0.0681. The number of hydrogen-bond acceptors (Lipinski definition) is 3. The number of anilines is 2. The molecule has 0 saturated carbocycles. The van der Waals surface area contributed by atoms with Crippen molar-refractivity contribution < 1.29 is 14.0 Å². The lowest BCUT2D eigenvalue weighted by Gasteiger charge is -2.16. The van der Waals surface area contributed by atoms with Gasteiger partial charge in [0.1, 0.15) is 5.82 Å². The summed E-state index contributed by atoms with van der Waals surface area (Å²) < 4.78 is 13.6. The summed E-state index contributed by atoms with van der Waals surface area (Å²) in [5.74, 6) is -1.20. The zero-order chi connectivity index (χ0) is 19.1. The Hall–Kier alpha value is -2.15. The van der Waals surface area contributed by atoms with Gasteiger partial charge in [-0.2, -0.15) is 0 Å². The maximum atomic E-state index is 13.6. The number of carbonyl (C=O) groups is 2. The summed E-state index contributed by atoms with van der Waals surface area (Å²) in [5.41, 5.74) is 0.599. The molecule has 0 spiro atoms. The van der Waals surface area contributed by atoms with Gasteiger partial charge < -0.3 is 10.6 Å².